The Morgan fingerprint density at radius 3 is 2.52 bits per heavy atom. The number of carbonyl (C=O) groups is 2. The van der Waals surface area contributed by atoms with E-state index in [4.69, 9.17) is 9.72 Å². The van der Waals surface area contributed by atoms with Gasteiger partial charge in [-0.25, -0.2) is 9.78 Å². The molecular weight excluding hydrogens is 626 g/mol. The summed E-state index contributed by atoms with van der Waals surface area (Å²) in [6.07, 6.45) is 11.0. The molecule has 0 spiro atoms. The van der Waals surface area contributed by atoms with Gasteiger partial charge in [0.25, 0.3) is 5.91 Å². The first-order valence-corrected chi connectivity index (χ1v) is 18.3. The highest BCUT2D eigenvalue weighted by Gasteiger charge is 2.31. The lowest BCUT2D eigenvalue weighted by molar-refractivity contribution is 0.0671. The minimum Gasteiger partial charge on any atom is -0.494 e. The second kappa shape index (κ2) is 13.5. The van der Waals surface area contributed by atoms with Gasteiger partial charge in [-0.3, -0.25) is 9.78 Å². The van der Waals surface area contributed by atoms with Crippen LogP contribution in [0.4, 0.5) is 10.5 Å². The minimum absolute atomic E-state index is 0.0589. The first-order chi connectivity index (χ1) is 24.4. The maximum absolute atomic E-state index is 13.8. The number of aryl methyl sites for hydroxylation is 1. The van der Waals surface area contributed by atoms with Crippen LogP contribution in [0, 0.1) is 11.8 Å². The fourth-order valence-electron chi connectivity index (χ4n) is 8.23. The molecule has 3 aromatic heterocycles. The number of carbonyl (C=O) groups excluding carboxylic acids is 2. The molecule has 260 valence electrons. The predicted octanol–water partition coefficient (Wildman–Crippen LogP) is 7.68. The van der Waals surface area contributed by atoms with Gasteiger partial charge in [0.05, 0.1) is 35.7 Å². The van der Waals surface area contributed by atoms with Crippen LogP contribution in [-0.4, -0.2) is 74.1 Å². The van der Waals surface area contributed by atoms with E-state index in [0.717, 1.165) is 67.9 Å². The number of anilines is 1. The third-order valence-corrected chi connectivity index (χ3v) is 11.2. The Morgan fingerprint density at radius 2 is 1.78 bits per heavy atom. The number of para-hydroxylation sites is 1. The van der Waals surface area contributed by atoms with Crippen molar-refractivity contribution in [2.75, 3.05) is 38.6 Å². The number of ether oxygens (including phenoxy) is 1. The van der Waals surface area contributed by atoms with E-state index in [0.29, 0.717) is 47.8 Å². The second-order valence-corrected chi connectivity index (χ2v) is 14.5. The molecule has 5 aromatic rings. The van der Waals surface area contributed by atoms with Crippen LogP contribution in [0.3, 0.4) is 0 Å². The number of hydrogen-bond acceptors (Lipinski definition) is 5. The van der Waals surface area contributed by atoms with E-state index in [2.05, 4.69) is 57.7 Å². The smallest absolute Gasteiger partial charge is 0.321 e. The molecule has 2 aromatic carbocycles. The lowest BCUT2D eigenvalue weighted by Gasteiger charge is -2.32. The van der Waals surface area contributed by atoms with Crippen molar-refractivity contribution in [2.45, 2.75) is 64.3 Å². The van der Waals surface area contributed by atoms with E-state index in [9.17, 15) is 9.59 Å². The van der Waals surface area contributed by atoms with E-state index >= 15 is 0 Å². The maximum Gasteiger partial charge on any atom is 0.321 e. The zero-order chi connectivity index (χ0) is 34.4. The van der Waals surface area contributed by atoms with Gasteiger partial charge in [-0.2, -0.15) is 0 Å². The molecule has 10 heteroatoms. The summed E-state index contributed by atoms with van der Waals surface area (Å²) in [6.45, 7) is 6.16. The Kier molecular flexibility index (Phi) is 8.70. The number of methoxy groups -OCH3 is 1. The van der Waals surface area contributed by atoms with Crippen molar-refractivity contribution in [3.8, 4) is 17.3 Å². The van der Waals surface area contributed by atoms with Gasteiger partial charge in [-0.1, -0.05) is 31.5 Å². The average Bonchev–Trinajstić information content (AvgIpc) is 3.82. The van der Waals surface area contributed by atoms with Crippen molar-refractivity contribution in [3.05, 3.63) is 72.1 Å². The second-order valence-electron chi connectivity index (χ2n) is 14.5. The molecule has 10 nitrogen and oxygen atoms in total. The largest absolute Gasteiger partial charge is 0.494 e. The lowest BCUT2D eigenvalue weighted by Crippen LogP contribution is -2.40. The number of nitrogens with one attached hydrogen (secondary N) is 1. The fraction of sp³-hybridized carbons (Fsp3) is 0.450. The van der Waals surface area contributed by atoms with E-state index < -0.39 is 0 Å². The van der Waals surface area contributed by atoms with Gasteiger partial charge in [-0.05, 0) is 92.2 Å². The molecule has 50 heavy (non-hydrogen) atoms. The number of benzene rings is 2. The minimum atomic E-state index is -0.0720. The SMILES string of the molecule is CC[C@@H]1CCCN(C(=O)c2cc(OC)c3c(c2)nc(-c2cc4cccc(C5CCN(C(=O)Nc6cccnc6)CC5)c4n2CC2CC2)n3C)C1. The number of pyridine rings is 1. The molecule has 0 bridgehead atoms. The number of hydrogen-bond donors (Lipinski definition) is 1. The Morgan fingerprint density at radius 1 is 0.940 bits per heavy atom. The molecule has 2 saturated heterocycles. The molecule has 3 fully saturated rings. The van der Waals surface area contributed by atoms with Gasteiger partial charge in [0.2, 0.25) is 0 Å². The summed E-state index contributed by atoms with van der Waals surface area (Å²) < 4.78 is 10.6. The van der Waals surface area contributed by atoms with Crippen molar-refractivity contribution < 1.29 is 14.3 Å². The number of likely N-dealkylation sites (tertiary alicyclic amines) is 2. The molecule has 1 saturated carbocycles. The van der Waals surface area contributed by atoms with E-state index in [1.54, 1.807) is 19.5 Å². The van der Waals surface area contributed by atoms with E-state index in [-0.39, 0.29) is 11.9 Å². The first-order valence-electron chi connectivity index (χ1n) is 18.3. The van der Waals surface area contributed by atoms with Gasteiger partial charge >= 0.3 is 6.03 Å². The van der Waals surface area contributed by atoms with Crippen molar-refractivity contribution in [3.63, 3.8) is 0 Å². The van der Waals surface area contributed by atoms with E-state index in [1.807, 2.05) is 34.1 Å². The van der Waals surface area contributed by atoms with Crippen molar-refractivity contribution >= 4 is 39.6 Å². The van der Waals surface area contributed by atoms with Gasteiger partial charge in [0, 0.05) is 56.9 Å². The lowest BCUT2D eigenvalue weighted by atomic mass is 9.88. The zero-order valence-electron chi connectivity index (χ0n) is 29.4. The Bertz CT molecular complexity index is 2040. The van der Waals surface area contributed by atoms with Crippen LogP contribution < -0.4 is 10.1 Å². The molecule has 8 rings (SSSR count). The standard InChI is InChI=1S/C40H47N7O3/c1-4-26-8-7-17-46(24-26)39(48)30-20-33-37(35(22-30)50-3)44(2)38(43-33)34-21-29-9-5-11-32(36(29)47(34)25-27-12-13-27)28-14-18-45(19-15-28)40(49)42-31-10-6-16-41-23-31/h5-6,9-11,16,20-23,26-28H,4,7-8,12-15,17-19,24-25H2,1-3H3,(H,42,49)/t26-/m1/s1. The van der Waals surface area contributed by atoms with Crippen LogP contribution in [0.25, 0.3) is 33.5 Å². The highest BCUT2D eigenvalue weighted by molar-refractivity contribution is 6.00. The molecule has 5 heterocycles. The molecule has 0 unspecified atom stereocenters. The zero-order valence-corrected chi connectivity index (χ0v) is 29.4. The third-order valence-electron chi connectivity index (χ3n) is 11.2. The number of fused-ring (bicyclic) bond motifs is 2. The van der Waals surface area contributed by atoms with Crippen molar-refractivity contribution in [1.82, 2.24) is 28.9 Å². The Labute approximate surface area is 293 Å². The van der Waals surface area contributed by atoms with Gasteiger partial charge in [0.15, 0.2) is 5.82 Å². The molecule has 3 amide bonds. The van der Waals surface area contributed by atoms with Gasteiger partial charge in [0.1, 0.15) is 11.3 Å². The van der Waals surface area contributed by atoms with Crippen LogP contribution in [0.5, 0.6) is 5.75 Å². The highest BCUT2D eigenvalue weighted by atomic mass is 16.5. The maximum atomic E-state index is 13.8. The van der Waals surface area contributed by atoms with Crippen LogP contribution in [0.2, 0.25) is 0 Å². The van der Waals surface area contributed by atoms with Crippen molar-refractivity contribution in [2.24, 2.45) is 18.9 Å². The quantitative estimate of drug-likeness (QED) is 0.182. The molecule has 1 N–H and O–H groups in total. The number of rotatable bonds is 8. The number of aromatic nitrogens is 4. The van der Waals surface area contributed by atoms with Crippen molar-refractivity contribution in [1.29, 1.82) is 0 Å². The number of imidazole rings is 1. The molecule has 2 aliphatic heterocycles. The predicted molar refractivity (Wildman–Crippen MR) is 197 cm³/mol. The average molecular weight is 674 g/mol. The van der Waals surface area contributed by atoms with E-state index in [1.165, 1.54) is 35.7 Å². The van der Waals surface area contributed by atoms with Gasteiger partial charge in [-0.15, -0.1) is 0 Å². The number of nitrogens with zero attached hydrogens (tertiary/aromatic N) is 6. The topological polar surface area (TPSA) is 97.5 Å². The molecule has 1 atom stereocenters. The van der Waals surface area contributed by atoms with Crippen LogP contribution in [0.15, 0.2) is 60.9 Å². The summed E-state index contributed by atoms with van der Waals surface area (Å²) in [7, 11) is 3.73. The summed E-state index contributed by atoms with van der Waals surface area (Å²) in [5.74, 6) is 3.15. The molecule has 3 aliphatic rings. The fourth-order valence-corrected chi connectivity index (χ4v) is 8.23. The summed E-state index contributed by atoms with van der Waals surface area (Å²) >= 11 is 0. The number of piperidine rings is 2. The summed E-state index contributed by atoms with van der Waals surface area (Å²) in [4.78, 5) is 40.1. The summed E-state index contributed by atoms with van der Waals surface area (Å²) in [6, 6.07) is 16.4. The number of urea groups is 1. The van der Waals surface area contributed by atoms with Gasteiger partial charge < -0.3 is 29.0 Å². The Balaban J connectivity index is 1.12. The molecule has 0 radical (unpaired) electrons. The Hall–Kier alpha value is -4.86. The molecule has 1 aliphatic carbocycles. The molecular formula is C40H47N7O3. The summed E-state index contributed by atoms with van der Waals surface area (Å²) in [5.41, 5.74) is 6.72. The highest BCUT2D eigenvalue weighted by Crippen LogP contribution is 2.41. The number of amides is 3. The normalized spacial score (nSPS) is 18.6. The van der Waals surface area contributed by atoms with Crippen LogP contribution >= 0.6 is 0 Å². The summed E-state index contributed by atoms with van der Waals surface area (Å²) in [5, 5.41) is 4.20. The first kappa shape index (κ1) is 32.4. The third kappa shape index (κ3) is 6.09. The monoisotopic (exact) mass is 673 g/mol. The van der Waals surface area contributed by atoms with Crippen LogP contribution in [0.1, 0.15) is 73.7 Å². The van der Waals surface area contributed by atoms with Crippen LogP contribution in [-0.2, 0) is 13.6 Å².